The van der Waals surface area contributed by atoms with Gasteiger partial charge in [-0.2, -0.15) is 4.31 Å². The standard InChI is InChI=1S/C23H26ClFN2O3S/c24-21-14-19(8-9-22(21)25)31(29,30)27-12-10-17(11-13-27)23(28)26-15-18-6-3-5-16-4-1-2-7-20(16)18/h1-2,4,7-9,14,17-18H,3,5-6,10-13,15H2,(H,26,28). The molecule has 1 heterocycles. The molecule has 0 bridgehead atoms. The molecule has 0 aromatic heterocycles. The SMILES string of the molecule is O=C(NCC1CCCc2ccccc21)C1CCN(S(=O)(=O)c2ccc(F)c(Cl)c2)CC1. The van der Waals surface area contributed by atoms with Crippen molar-refractivity contribution in [2.24, 2.45) is 5.92 Å². The first-order valence-corrected chi connectivity index (χ1v) is 12.5. The predicted molar refractivity (Wildman–Crippen MR) is 118 cm³/mol. The monoisotopic (exact) mass is 464 g/mol. The summed E-state index contributed by atoms with van der Waals surface area (Å²) in [5.74, 6) is -0.541. The largest absolute Gasteiger partial charge is 0.355 e. The summed E-state index contributed by atoms with van der Waals surface area (Å²) >= 11 is 5.74. The van der Waals surface area contributed by atoms with Gasteiger partial charge in [0.05, 0.1) is 9.92 Å². The molecule has 2 aromatic rings. The van der Waals surface area contributed by atoms with Gasteiger partial charge in [0.1, 0.15) is 5.82 Å². The van der Waals surface area contributed by atoms with Crippen LogP contribution < -0.4 is 5.32 Å². The van der Waals surface area contributed by atoms with E-state index < -0.39 is 15.8 Å². The van der Waals surface area contributed by atoms with Gasteiger partial charge in [-0.25, -0.2) is 12.8 Å². The minimum atomic E-state index is -3.76. The Balaban J connectivity index is 1.32. The number of carbonyl (C=O) groups is 1. The zero-order valence-corrected chi connectivity index (χ0v) is 18.8. The molecule has 1 saturated heterocycles. The molecule has 1 amide bonds. The lowest BCUT2D eigenvalue weighted by Crippen LogP contribution is -2.43. The number of carbonyl (C=O) groups excluding carboxylic acids is 1. The van der Waals surface area contributed by atoms with Crippen molar-refractivity contribution < 1.29 is 17.6 Å². The Kier molecular flexibility index (Phi) is 6.65. The van der Waals surface area contributed by atoms with Gasteiger partial charge in [0.25, 0.3) is 0 Å². The first kappa shape index (κ1) is 22.2. The third kappa shape index (κ3) is 4.78. The minimum absolute atomic E-state index is 0.00932. The van der Waals surface area contributed by atoms with E-state index in [9.17, 15) is 17.6 Å². The van der Waals surface area contributed by atoms with E-state index in [-0.39, 0.29) is 34.8 Å². The highest BCUT2D eigenvalue weighted by Gasteiger charge is 2.32. The fourth-order valence-corrected chi connectivity index (χ4v) is 6.32. The Hall–Kier alpha value is -1.96. The maximum atomic E-state index is 13.4. The highest BCUT2D eigenvalue weighted by Crippen LogP contribution is 2.31. The number of nitrogens with one attached hydrogen (secondary N) is 1. The first-order valence-electron chi connectivity index (χ1n) is 10.7. The van der Waals surface area contributed by atoms with Crippen molar-refractivity contribution in [3.63, 3.8) is 0 Å². The molecule has 5 nitrogen and oxygen atoms in total. The maximum Gasteiger partial charge on any atom is 0.243 e. The van der Waals surface area contributed by atoms with Crippen LogP contribution in [0.2, 0.25) is 5.02 Å². The van der Waals surface area contributed by atoms with Gasteiger partial charge in [0, 0.05) is 31.5 Å². The Bertz CT molecular complexity index is 1070. The number of amides is 1. The van der Waals surface area contributed by atoms with Crippen molar-refractivity contribution >= 4 is 27.5 Å². The third-order valence-electron chi connectivity index (χ3n) is 6.37. The summed E-state index contributed by atoms with van der Waals surface area (Å²) in [7, 11) is -3.76. The molecule has 1 aliphatic heterocycles. The van der Waals surface area contributed by atoms with Crippen LogP contribution in [0.3, 0.4) is 0 Å². The average Bonchev–Trinajstić information content (AvgIpc) is 2.79. The number of hydrogen-bond donors (Lipinski definition) is 1. The number of rotatable bonds is 5. The van der Waals surface area contributed by atoms with Gasteiger partial charge in [-0.1, -0.05) is 35.9 Å². The van der Waals surface area contributed by atoms with Crippen LogP contribution in [-0.2, 0) is 21.2 Å². The Labute approximate surface area is 187 Å². The zero-order chi connectivity index (χ0) is 22.0. The highest BCUT2D eigenvalue weighted by molar-refractivity contribution is 7.89. The molecule has 1 unspecified atom stereocenters. The molecule has 1 atom stereocenters. The summed E-state index contributed by atoms with van der Waals surface area (Å²) < 4.78 is 40.4. The number of piperidine rings is 1. The van der Waals surface area contributed by atoms with Crippen LogP contribution in [0.25, 0.3) is 0 Å². The lowest BCUT2D eigenvalue weighted by Gasteiger charge is -2.31. The van der Waals surface area contributed by atoms with Crippen LogP contribution in [-0.4, -0.2) is 38.3 Å². The highest BCUT2D eigenvalue weighted by atomic mass is 35.5. The molecule has 0 spiro atoms. The molecule has 4 rings (SSSR count). The Morgan fingerprint density at radius 2 is 1.87 bits per heavy atom. The number of halogens is 2. The third-order valence-corrected chi connectivity index (χ3v) is 8.55. The van der Waals surface area contributed by atoms with Crippen LogP contribution in [0.1, 0.15) is 42.7 Å². The zero-order valence-electron chi connectivity index (χ0n) is 17.2. The van der Waals surface area contributed by atoms with Crippen molar-refractivity contribution in [2.75, 3.05) is 19.6 Å². The van der Waals surface area contributed by atoms with Crippen LogP contribution in [0.5, 0.6) is 0 Å². The van der Waals surface area contributed by atoms with E-state index in [2.05, 4.69) is 23.5 Å². The number of nitrogens with zero attached hydrogens (tertiary/aromatic N) is 1. The predicted octanol–water partition coefficient (Wildman–Crippen LogP) is 4.12. The molecule has 1 N–H and O–H groups in total. The summed E-state index contributed by atoms with van der Waals surface area (Å²) in [5.41, 5.74) is 2.69. The van der Waals surface area contributed by atoms with E-state index in [0.29, 0.717) is 25.3 Å². The van der Waals surface area contributed by atoms with Crippen LogP contribution in [0.4, 0.5) is 4.39 Å². The molecule has 166 valence electrons. The lowest BCUT2D eigenvalue weighted by molar-refractivity contribution is -0.126. The average molecular weight is 465 g/mol. The molecule has 0 radical (unpaired) electrons. The number of aryl methyl sites for hydroxylation is 1. The number of hydrogen-bond acceptors (Lipinski definition) is 3. The van der Waals surface area contributed by atoms with Gasteiger partial charge in [-0.15, -0.1) is 0 Å². The number of fused-ring (bicyclic) bond motifs is 1. The van der Waals surface area contributed by atoms with Crippen molar-refractivity contribution in [1.29, 1.82) is 0 Å². The molecule has 1 aliphatic carbocycles. The first-order chi connectivity index (χ1) is 14.9. The van der Waals surface area contributed by atoms with Crippen molar-refractivity contribution in [1.82, 2.24) is 9.62 Å². The minimum Gasteiger partial charge on any atom is -0.355 e. The summed E-state index contributed by atoms with van der Waals surface area (Å²) in [6.45, 7) is 1.12. The van der Waals surface area contributed by atoms with Crippen molar-refractivity contribution in [2.45, 2.75) is 42.9 Å². The molecule has 0 saturated carbocycles. The van der Waals surface area contributed by atoms with E-state index in [4.69, 9.17) is 11.6 Å². The second-order valence-electron chi connectivity index (χ2n) is 8.29. The van der Waals surface area contributed by atoms with E-state index in [1.54, 1.807) is 0 Å². The summed E-state index contributed by atoms with van der Waals surface area (Å²) in [5, 5.41) is 2.87. The van der Waals surface area contributed by atoms with Crippen LogP contribution in [0, 0.1) is 11.7 Å². The summed E-state index contributed by atoms with van der Waals surface area (Å²) in [4.78, 5) is 12.7. The fraction of sp³-hybridized carbons (Fsp3) is 0.435. The second kappa shape index (κ2) is 9.27. The van der Waals surface area contributed by atoms with Crippen LogP contribution >= 0.6 is 11.6 Å². The van der Waals surface area contributed by atoms with Gasteiger partial charge in [-0.3, -0.25) is 4.79 Å². The lowest BCUT2D eigenvalue weighted by atomic mass is 9.82. The Morgan fingerprint density at radius 3 is 2.61 bits per heavy atom. The number of benzene rings is 2. The van der Waals surface area contributed by atoms with E-state index in [1.165, 1.54) is 21.5 Å². The Morgan fingerprint density at radius 1 is 1.13 bits per heavy atom. The normalized spacial score (nSPS) is 20.3. The molecule has 2 aromatic carbocycles. The molecular formula is C23H26ClFN2O3S. The second-order valence-corrected chi connectivity index (χ2v) is 10.6. The maximum absolute atomic E-state index is 13.4. The van der Waals surface area contributed by atoms with Gasteiger partial charge in [-0.05, 0) is 61.4 Å². The van der Waals surface area contributed by atoms with Crippen molar-refractivity contribution in [3.05, 3.63) is 64.4 Å². The quantitative estimate of drug-likeness (QED) is 0.723. The summed E-state index contributed by atoms with van der Waals surface area (Å²) in [6, 6.07) is 11.8. The molecule has 1 fully saturated rings. The molecular weight excluding hydrogens is 439 g/mol. The van der Waals surface area contributed by atoms with Gasteiger partial charge in [0.15, 0.2) is 0 Å². The molecule has 31 heavy (non-hydrogen) atoms. The smallest absolute Gasteiger partial charge is 0.243 e. The fourth-order valence-electron chi connectivity index (χ4n) is 4.58. The van der Waals surface area contributed by atoms with E-state index in [1.807, 2.05) is 6.07 Å². The van der Waals surface area contributed by atoms with Crippen LogP contribution in [0.15, 0.2) is 47.4 Å². The molecule has 8 heteroatoms. The molecule has 2 aliphatic rings. The van der Waals surface area contributed by atoms with Gasteiger partial charge in [0.2, 0.25) is 15.9 Å². The van der Waals surface area contributed by atoms with Gasteiger partial charge >= 0.3 is 0 Å². The van der Waals surface area contributed by atoms with Gasteiger partial charge < -0.3 is 5.32 Å². The van der Waals surface area contributed by atoms with E-state index >= 15 is 0 Å². The topological polar surface area (TPSA) is 66.5 Å². The van der Waals surface area contributed by atoms with Crippen molar-refractivity contribution in [3.8, 4) is 0 Å². The van der Waals surface area contributed by atoms with E-state index in [0.717, 1.165) is 31.4 Å². The number of sulfonamides is 1. The summed E-state index contributed by atoms with van der Waals surface area (Å²) in [6.07, 6.45) is 4.20.